The van der Waals surface area contributed by atoms with Gasteiger partial charge in [0.05, 0.1) is 0 Å². The molecule has 2 heteroatoms. The van der Waals surface area contributed by atoms with Crippen molar-refractivity contribution in [2.75, 3.05) is 26.2 Å². The van der Waals surface area contributed by atoms with E-state index in [1.54, 1.807) is 5.56 Å². The molecule has 0 saturated carbocycles. The molecule has 0 unspecified atom stereocenters. The van der Waals surface area contributed by atoms with Crippen molar-refractivity contribution < 1.29 is 0 Å². The molecule has 0 aromatic heterocycles. The summed E-state index contributed by atoms with van der Waals surface area (Å²) < 4.78 is 0. The molecule has 1 heterocycles. The number of benzene rings is 1. The zero-order valence-electron chi connectivity index (χ0n) is 11.6. The second-order valence-corrected chi connectivity index (χ2v) is 5.25. The third kappa shape index (κ3) is 4.11. The van der Waals surface area contributed by atoms with Crippen molar-refractivity contribution in [3.8, 4) is 0 Å². The molecular formula is C16H26N2. The zero-order valence-corrected chi connectivity index (χ0v) is 11.6. The molecule has 0 bridgehead atoms. The second kappa shape index (κ2) is 7.55. The first-order chi connectivity index (χ1) is 8.90. The van der Waals surface area contributed by atoms with E-state index in [1.165, 1.54) is 50.9 Å². The fourth-order valence-electron chi connectivity index (χ4n) is 2.61. The minimum atomic E-state index is 1.13. The predicted octanol–water partition coefficient (Wildman–Crippen LogP) is 2.82. The summed E-state index contributed by atoms with van der Waals surface area (Å²) in [5.41, 5.74) is 3.07. The van der Waals surface area contributed by atoms with Crippen molar-refractivity contribution in [2.24, 2.45) is 0 Å². The van der Waals surface area contributed by atoms with Gasteiger partial charge in [-0.15, -0.1) is 0 Å². The number of unbranched alkanes of at least 4 members (excludes halogenated alkanes) is 2. The van der Waals surface area contributed by atoms with E-state index in [2.05, 4.69) is 41.4 Å². The Morgan fingerprint density at radius 2 is 1.94 bits per heavy atom. The summed E-state index contributed by atoms with van der Waals surface area (Å²) in [6, 6.07) is 8.86. The van der Waals surface area contributed by atoms with Crippen LogP contribution >= 0.6 is 0 Å². The predicted molar refractivity (Wildman–Crippen MR) is 77.8 cm³/mol. The number of hydrogen-bond acceptors (Lipinski definition) is 2. The lowest BCUT2D eigenvalue weighted by Crippen LogP contribution is -2.36. The SMILES string of the molecule is CCCCCNCCN1CCc2ccccc2C1. The Kier molecular flexibility index (Phi) is 5.69. The highest BCUT2D eigenvalue weighted by Gasteiger charge is 2.14. The van der Waals surface area contributed by atoms with Crippen molar-refractivity contribution in [3.05, 3.63) is 35.4 Å². The standard InChI is InChI=1S/C16H26N2/c1-2-3-6-10-17-11-13-18-12-9-15-7-4-5-8-16(15)14-18/h4-5,7-8,17H,2-3,6,9-14H2,1H3. The number of fused-ring (bicyclic) bond motifs is 1. The van der Waals surface area contributed by atoms with E-state index in [0.29, 0.717) is 0 Å². The summed E-state index contributed by atoms with van der Waals surface area (Å²) in [4.78, 5) is 2.56. The Morgan fingerprint density at radius 3 is 2.78 bits per heavy atom. The first-order valence-electron chi connectivity index (χ1n) is 7.40. The largest absolute Gasteiger partial charge is 0.315 e. The lowest BCUT2D eigenvalue weighted by Gasteiger charge is -2.28. The minimum Gasteiger partial charge on any atom is -0.315 e. The molecule has 18 heavy (non-hydrogen) atoms. The van der Waals surface area contributed by atoms with E-state index in [9.17, 15) is 0 Å². The molecule has 0 radical (unpaired) electrons. The van der Waals surface area contributed by atoms with Crippen LogP contribution in [0.1, 0.15) is 37.3 Å². The van der Waals surface area contributed by atoms with Crippen LogP contribution in [0.4, 0.5) is 0 Å². The topological polar surface area (TPSA) is 15.3 Å². The molecule has 0 fully saturated rings. The van der Waals surface area contributed by atoms with Gasteiger partial charge in [-0.05, 0) is 30.5 Å². The third-order valence-electron chi connectivity index (χ3n) is 3.77. The Morgan fingerprint density at radius 1 is 1.11 bits per heavy atom. The molecule has 2 nitrogen and oxygen atoms in total. The maximum absolute atomic E-state index is 3.55. The summed E-state index contributed by atoms with van der Waals surface area (Å²) in [5.74, 6) is 0. The van der Waals surface area contributed by atoms with Crippen LogP contribution in [0.5, 0.6) is 0 Å². The minimum absolute atomic E-state index is 1.13. The summed E-state index contributed by atoms with van der Waals surface area (Å²) in [6.07, 6.45) is 5.19. The van der Waals surface area contributed by atoms with Gasteiger partial charge in [0.15, 0.2) is 0 Å². The van der Waals surface area contributed by atoms with Gasteiger partial charge in [-0.2, -0.15) is 0 Å². The maximum atomic E-state index is 3.55. The molecular weight excluding hydrogens is 220 g/mol. The molecule has 0 amide bonds. The van der Waals surface area contributed by atoms with Crippen molar-refractivity contribution >= 4 is 0 Å². The molecule has 1 N–H and O–H groups in total. The lowest BCUT2D eigenvalue weighted by molar-refractivity contribution is 0.254. The van der Waals surface area contributed by atoms with Crippen LogP contribution in [-0.2, 0) is 13.0 Å². The highest BCUT2D eigenvalue weighted by atomic mass is 15.1. The van der Waals surface area contributed by atoms with Gasteiger partial charge in [-0.3, -0.25) is 4.90 Å². The van der Waals surface area contributed by atoms with Crippen molar-refractivity contribution in [1.29, 1.82) is 0 Å². The van der Waals surface area contributed by atoms with Crippen LogP contribution in [0.15, 0.2) is 24.3 Å². The van der Waals surface area contributed by atoms with E-state index in [0.717, 1.165) is 13.1 Å². The van der Waals surface area contributed by atoms with Gasteiger partial charge in [0.1, 0.15) is 0 Å². The molecule has 0 aliphatic carbocycles. The summed E-state index contributed by atoms with van der Waals surface area (Å²) in [6.45, 7) is 8.09. The molecule has 0 saturated heterocycles. The molecule has 100 valence electrons. The summed E-state index contributed by atoms with van der Waals surface area (Å²) in [7, 11) is 0. The van der Waals surface area contributed by atoms with E-state index < -0.39 is 0 Å². The Balaban J connectivity index is 1.64. The number of rotatable bonds is 7. The maximum Gasteiger partial charge on any atom is 0.0237 e. The first-order valence-corrected chi connectivity index (χ1v) is 7.40. The summed E-state index contributed by atoms with van der Waals surface area (Å²) in [5, 5.41) is 3.55. The smallest absolute Gasteiger partial charge is 0.0237 e. The number of nitrogens with one attached hydrogen (secondary N) is 1. The van der Waals surface area contributed by atoms with Crippen LogP contribution in [0.2, 0.25) is 0 Å². The Bertz CT molecular complexity index is 349. The van der Waals surface area contributed by atoms with Gasteiger partial charge >= 0.3 is 0 Å². The van der Waals surface area contributed by atoms with Gasteiger partial charge in [0.2, 0.25) is 0 Å². The van der Waals surface area contributed by atoms with Crippen LogP contribution < -0.4 is 5.32 Å². The zero-order chi connectivity index (χ0) is 12.6. The normalized spacial score (nSPS) is 15.6. The van der Waals surface area contributed by atoms with Gasteiger partial charge in [0, 0.05) is 26.2 Å². The molecule has 1 aliphatic heterocycles. The highest BCUT2D eigenvalue weighted by Crippen LogP contribution is 2.17. The van der Waals surface area contributed by atoms with E-state index >= 15 is 0 Å². The van der Waals surface area contributed by atoms with Crippen molar-refractivity contribution in [3.63, 3.8) is 0 Å². The highest BCUT2D eigenvalue weighted by molar-refractivity contribution is 5.28. The quantitative estimate of drug-likeness (QED) is 0.744. The number of hydrogen-bond donors (Lipinski definition) is 1. The van der Waals surface area contributed by atoms with Gasteiger partial charge < -0.3 is 5.32 Å². The molecule has 2 rings (SSSR count). The molecule has 1 aromatic rings. The van der Waals surface area contributed by atoms with Gasteiger partial charge in [-0.25, -0.2) is 0 Å². The van der Waals surface area contributed by atoms with Crippen LogP contribution in [0.25, 0.3) is 0 Å². The average Bonchev–Trinajstić information content (AvgIpc) is 2.42. The Hall–Kier alpha value is -0.860. The van der Waals surface area contributed by atoms with E-state index in [1.807, 2.05) is 0 Å². The monoisotopic (exact) mass is 246 g/mol. The average molecular weight is 246 g/mol. The molecule has 0 spiro atoms. The van der Waals surface area contributed by atoms with Crippen LogP contribution in [0, 0.1) is 0 Å². The van der Waals surface area contributed by atoms with E-state index in [-0.39, 0.29) is 0 Å². The first kappa shape index (κ1) is 13.6. The fourth-order valence-corrected chi connectivity index (χ4v) is 2.61. The summed E-state index contributed by atoms with van der Waals surface area (Å²) >= 11 is 0. The van der Waals surface area contributed by atoms with E-state index in [4.69, 9.17) is 0 Å². The third-order valence-corrected chi connectivity index (χ3v) is 3.77. The molecule has 0 atom stereocenters. The van der Waals surface area contributed by atoms with Crippen molar-refractivity contribution in [2.45, 2.75) is 39.2 Å². The van der Waals surface area contributed by atoms with Gasteiger partial charge in [0.25, 0.3) is 0 Å². The molecule has 1 aromatic carbocycles. The molecule has 1 aliphatic rings. The lowest BCUT2D eigenvalue weighted by atomic mass is 10.00. The van der Waals surface area contributed by atoms with Gasteiger partial charge in [-0.1, -0.05) is 44.0 Å². The Labute approximate surface area is 111 Å². The van der Waals surface area contributed by atoms with Crippen LogP contribution in [0.3, 0.4) is 0 Å². The second-order valence-electron chi connectivity index (χ2n) is 5.25. The number of nitrogens with zero attached hydrogens (tertiary/aromatic N) is 1. The van der Waals surface area contributed by atoms with Crippen LogP contribution in [-0.4, -0.2) is 31.1 Å². The van der Waals surface area contributed by atoms with Crippen molar-refractivity contribution in [1.82, 2.24) is 10.2 Å². The fraction of sp³-hybridized carbons (Fsp3) is 0.625.